The Bertz CT molecular complexity index is 607. The lowest BCUT2D eigenvalue weighted by Gasteiger charge is -2.50. The topological polar surface area (TPSA) is 160 Å². The fourth-order valence-corrected chi connectivity index (χ4v) is 4.03. The van der Waals surface area contributed by atoms with E-state index in [0.29, 0.717) is 5.57 Å². The molecule has 0 aromatic carbocycles. The lowest BCUT2D eigenvalue weighted by atomic mass is 9.64. The highest BCUT2D eigenvalue weighted by molar-refractivity contribution is 5.29. The van der Waals surface area contributed by atoms with Gasteiger partial charge in [-0.05, 0) is 31.8 Å². The highest BCUT2D eigenvalue weighted by Crippen LogP contribution is 2.47. The third kappa shape index (κ3) is 4.49. The second-order valence-electron chi connectivity index (χ2n) is 8.48. The third-order valence-electron chi connectivity index (χ3n) is 5.40. The zero-order valence-corrected chi connectivity index (χ0v) is 16.6. The molecule has 0 bridgehead atoms. The van der Waals surface area contributed by atoms with E-state index in [4.69, 9.17) is 9.47 Å². The summed E-state index contributed by atoms with van der Waals surface area (Å²) in [5, 5.41) is 70.6. The molecule has 0 aromatic heterocycles. The first-order valence-electron chi connectivity index (χ1n) is 9.35. The van der Waals surface area contributed by atoms with Crippen LogP contribution in [-0.4, -0.2) is 97.0 Å². The lowest BCUT2D eigenvalue weighted by molar-refractivity contribution is -0.332. The van der Waals surface area contributed by atoms with E-state index in [1.54, 1.807) is 0 Å². The van der Waals surface area contributed by atoms with Gasteiger partial charge in [0.2, 0.25) is 0 Å². The van der Waals surface area contributed by atoms with E-state index in [-0.39, 0.29) is 6.42 Å². The first-order valence-corrected chi connectivity index (χ1v) is 9.35. The molecule has 2 fully saturated rings. The van der Waals surface area contributed by atoms with Gasteiger partial charge in [0.15, 0.2) is 6.29 Å². The molecule has 0 unspecified atom stereocenters. The summed E-state index contributed by atoms with van der Waals surface area (Å²) in [6.07, 6.45) is -9.12. The van der Waals surface area contributed by atoms with Gasteiger partial charge < -0.3 is 45.2 Å². The summed E-state index contributed by atoms with van der Waals surface area (Å²) in [5.74, 6) is 0. The minimum atomic E-state index is -1.74. The van der Waals surface area contributed by atoms with Crippen LogP contribution in [0.25, 0.3) is 0 Å². The molecule has 7 N–H and O–H groups in total. The highest BCUT2D eigenvalue weighted by atomic mass is 16.7. The van der Waals surface area contributed by atoms with Crippen LogP contribution in [0.5, 0.6) is 0 Å². The summed E-state index contributed by atoms with van der Waals surface area (Å²) in [7, 11) is 0. The number of aliphatic hydroxyl groups excluding tert-OH is 6. The Morgan fingerprint density at radius 2 is 1.79 bits per heavy atom. The van der Waals surface area contributed by atoms with Crippen molar-refractivity contribution in [2.75, 3.05) is 6.61 Å². The predicted octanol–water partition coefficient (Wildman–Crippen LogP) is -1.82. The average molecular weight is 404 g/mol. The number of hydrogen-bond acceptors (Lipinski definition) is 9. The molecule has 0 amide bonds. The molecule has 9 heteroatoms. The van der Waals surface area contributed by atoms with Gasteiger partial charge >= 0.3 is 0 Å². The van der Waals surface area contributed by atoms with E-state index >= 15 is 0 Å². The summed E-state index contributed by atoms with van der Waals surface area (Å²) in [4.78, 5) is 0. The van der Waals surface area contributed by atoms with Gasteiger partial charge in [-0.25, -0.2) is 0 Å². The first-order chi connectivity index (χ1) is 12.8. The molecule has 1 heterocycles. The van der Waals surface area contributed by atoms with E-state index in [2.05, 4.69) is 5.73 Å². The Morgan fingerprint density at radius 3 is 2.32 bits per heavy atom. The molecule has 1 aliphatic carbocycles. The molecule has 2 rings (SSSR count). The maximum absolute atomic E-state index is 11.2. The van der Waals surface area contributed by atoms with Crippen LogP contribution in [-0.2, 0) is 9.47 Å². The molecule has 28 heavy (non-hydrogen) atoms. The molecule has 0 spiro atoms. The zero-order chi connectivity index (χ0) is 21.4. The van der Waals surface area contributed by atoms with Crippen LogP contribution in [0.4, 0.5) is 0 Å². The van der Waals surface area contributed by atoms with Crippen molar-refractivity contribution in [2.45, 2.75) is 88.7 Å². The van der Waals surface area contributed by atoms with Crippen molar-refractivity contribution in [3.8, 4) is 0 Å². The second kappa shape index (κ2) is 8.49. The summed E-state index contributed by atoms with van der Waals surface area (Å²) in [6, 6.07) is 0. The maximum atomic E-state index is 11.2. The van der Waals surface area contributed by atoms with E-state index in [1.807, 2.05) is 13.8 Å². The van der Waals surface area contributed by atoms with Crippen LogP contribution >= 0.6 is 0 Å². The minimum Gasteiger partial charge on any atom is -0.394 e. The van der Waals surface area contributed by atoms with Crippen LogP contribution in [0.15, 0.2) is 17.4 Å². The van der Waals surface area contributed by atoms with E-state index in [9.17, 15) is 35.7 Å². The summed E-state index contributed by atoms with van der Waals surface area (Å²) in [5.41, 5.74) is 0.886. The second-order valence-corrected chi connectivity index (χ2v) is 8.48. The predicted molar refractivity (Wildman–Crippen MR) is 96.9 cm³/mol. The summed E-state index contributed by atoms with van der Waals surface area (Å²) >= 11 is 0. The molecule has 0 aromatic rings. The van der Waals surface area contributed by atoms with Gasteiger partial charge in [0.25, 0.3) is 0 Å². The van der Waals surface area contributed by atoms with Crippen LogP contribution in [0.2, 0.25) is 0 Å². The minimum absolute atomic E-state index is 0.196. The molecule has 0 radical (unpaired) electrons. The fourth-order valence-electron chi connectivity index (χ4n) is 4.03. The van der Waals surface area contributed by atoms with Gasteiger partial charge in [-0.2, -0.15) is 0 Å². The Kier molecular flexibility index (Phi) is 7.11. The number of aliphatic hydroxyl groups is 7. The van der Waals surface area contributed by atoms with Crippen molar-refractivity contribution in [3.63, 3.8) is 0 Å². The van der Waals surface area contributed by atoms with Gasteiger partial charge in [-0.1, -0.05) is 13.8 Å². The van der Waals surface area contributed by atoms with Crippen molar-refractivity contribution in [1.82, 2.24) is 0 Å². The van der Waals surface area contributed by atoms with Crippen LogP contribution < -0.4 is 0 Å². The summed E-state index contributed by atoms with van der Waals surface area (Å²) in [6.45, 7) is 5.96. The molecule has 162 valence electrons. The number of ether oxygens (including phenoxy) is 2. The first kappa shape index (κ1) is 23.4. The molecule has 1 saturated heterocycles. The van der Waals surface area contributed by atoms with Gasteiger partial charge in [-0.3, -0.25) is 0 Å². The van der Waals surface area contributed by atoms with Crippen molar-refractivity contribution in [1.29, 1.82) is 0 Å². The molecular weight excluding hydrogens is 372 g/mol. The average Bonchev–Trinajstić information content (AvgIpc) is 2.56. The molecule has 9 atom stereocenters. The van der Waals surface area contributed by atoms with Crippen LogP contribution in [0.3, 0.4) is 0 Å². The quantitative estimate of drug-likeness (QED) is 0.268. The van der Waals surface area contributed by atoms with Gasteiger partial charge in [0, 0.05) is 5.57 Å². The largest absolute Gasteiger partial charge is 0.394 e. The smallest absolute Gasteiger partial charge is 0.187 e. The molecule has 2 aliphatic rings. The Labute approximate surface area is 164 Å². The van der Waals surface area contributed by atoms with Crippen LogP contribution in [0.1, 0.15) is 34.1 Å². The Balaban J connectivity index is 2.35. The normalized spacial score (nSPS) is 44.7. The van der Waals surface area contributed by atoms with Gasteiger partial charge in [0.1, 0.15) is 36.1 Å². The highest BCUT2D eigenvalue weighted by Gasteiger charge is 2.55. The fraction of sp³-hybridized carbons (Fsp3) is 0.842. The zero-order valence-electron chi connectivity index (χ0n) is 16.6. The van der Waals surface area contributed by atoms with Gasteiger partial charge in [0.05, 0.1) is 18.8 Å². The standard InChI is InChI=1S/C19H32O9/c1-9(21)5-6-12-18(2,3)7-10(22)16(19(12,4)26)28-17-15(25)14(24)13(23)11(8-20)27-17/h5,9-11,13-17,20-26H,7-8H2,1-4H3/t6?,9-,10-,11+,13+,14-,15+,16+,17-,19-/m0/s1. The monoisotopic (exact) mass is 404 g/mol. The molecule has 1 saturated carbocycles. The molecular formula is C19H32O9. The van der Waals surface area contributed by atoms with Crippen molar-refractivity contribution >= 4 is 0 Å². The van der Waals surface area contributed by atoms with E-state index in [1.165, 1.54) is 19.9 Å². The Morgan fingerprint density at radius 1 is 1.18 bits per heavy atom. The van der Waals surface area contributed by atoms with E-state index in [0.717, 1.165) is 0 Å². The maximum Gasteiger partial charge on any atom is 0.187 e. The SMILES string of the molecule is C[C@H](O)C=C=C1C(C)(C)C[C@H](O)[C@@H](O[C@@H]2O[C@H](CO)[C@@H](O)[C@H](O)[C@H]2O)[C@@]1(C)O. The number of rotatable bonds is 4. The summed E-state index contributed by atoms with van der Waals surface area (Å²) < 4.78 is 11.0. The molecule has 1 aliphatic heterocycles. The van der Waals surface area contributed by atoms with E-state index < -0.39 is 66.6 Å². The Hall–Kier alpha value is -0.840. The lowest BCUT2D eigenvalue weighted by Crippen LogP contribution is -2.64. The van der Waals surface area contributed by atoms with Crippen LogP contribution in [0, 0.1) is 5.41 Å². The van der Waals surface area contributed by atoms with Crippen molar-refractivity contribution in [3.05, 3.63) is 17.4 Å². The van der Waals surface area contributed by atoms with Crippen molar-refractivity contribution in [2.24, 2.45) is 5.41 Å². The molecule has 9 nitrogen and oxygen atoms in total. The van der Waals surface area contributed by atoms with Crippen molar-refractivity contribution < 1.29 is 45.2 Å². The third-order valence-corrected chi connectivity index (χ3v) is 5.40. The van der Waals surface area contributed by atoms with Gasteiger partial charge in [-0.15, -0.1) is 5.73 Å². The number of hydrogen-bond donors (Lipinski definition) is 7.